The predicted molar refractivity (Wildman–Crippen MR) is 107 cm³/mol. The zero-order chi connectivity index (χ0) is 19.6. The van der Waals surface area contributed by atoms with E-state index in [1.54, 1.807) is 23.1 Å². The van der Waals surface area contributed by atoms with E-state index in [0.717, 1.165) is 0 Å². The Morgan fingerprint density at radius 1 is 1.15 bits per heavy atom. The largest absolute Gasteiger partial charge is 0.465 e. The van der Waals surface area contributed by atoms with E-state index >= 15 is 0 Å². The van der Waals surface area contributed by atoms with Crippen molar-refractivity contribution >= 4 is 61.1 Å². The van der Waals surface area contributed by atoms with Gasteiger partial charge in [0.2, 0.25) is 15.9 Å². The summed E-state index contributed by atoms with van der Waals surface area (Å²) in [5.41, 5.74) is 0. The standard InChI is InChI=1S/C17H15BrCl2N2O4S/c18-12-10-14(19)17(15(20)11-12)27(24,25)22-7-5-21(6-8-22)16(23)4-3-13-2-1-9-26-13/h1-4,9-11H,5-8H2. The first-order valence-electron chi connectivity index (χ1n) is 7.94. The highest BCUT2D eigenvalue weighted by Crippen LogP contribution is 2.35. The lowest BCUT2D eigenvalue weighted by Crippen LogP contribution is -2.50. The quantitative estimate of drug-likeness (QED) is 0.605. The van der Waals surface area contributed by atoms with Crippen LogP contribution in [-0.2, 0) is 14.8 Å². The van der Waals surface area contributed by atoms with E-state index in [1.165, 1.54) is 28.8 Å². The van der Waals surface area contributed by atoms with Crippen LogP contribution in [0.1, 0.15) is 5.76 Å². The highest BCUT2D eigenvalue weighted by atomic mass is 79.9. The zero-order valence-electron chi connectivity index (χ0n) is 13.9. The second-order valence-corrected chi connectivity index (χ2v) is 9.38. The summed E-state index contributed by atoms with van der Waals surface area (Å²) in [5, 5.41) is 0.100. The molecule has 1 aromatic heterocycles. The van der Waals surface area contributed by atoms with E-state index in [4.69, 9.17) is 27.6 Å². The average molecular weight is 494 g/mol. The summed E-state index contributed by atoms with van der Waals surface area (Å²) in [6.45, 7) is 0.857. The van der Waals surface area contributed by atoms with Crippen molar-refractivity contribution in [2.75, 3.05) is 26.2 Å². The topological polar surface area (TPSA) is 70.8 Å². The van der Waals surface area contributed by atoms with Crippen LogP contribution in [0.15, 0.2) is 50.4 Å². The second-order valence-electron chi connectivity index (χ2n) is 5.78. The fraction of sp³-hybridized carbons (Fsp3) is 0.235. The Morgan fingerprint density at radius 2 is 1.78 bits per heavy atom. The van der Waals surface area contributed by atoms with Gasteiger partial charge in [-0.05, 0) is 30.3 Å². The zero-order valence-corrected chi connectivity index (χ0v) is 17.9. The van der Waals surface area contributed by atoms with Gasteiger partial charge in [0.1, 0.15) is 10.7 Å². The molecule has 1 saturated heterocycles. The van der Waals surface area contributed by atoms with Crippen molar-refractivity contribution in [3.63, 3.8) is 0 Å². The summed E-state index contributed by atoms with van der Waals surface area (Å²) in [6, 6.07) is 6.44. The molecule has 27 heavy (non-hydrogen) atoms. The number of hydrogen-bond donors (Lipinski definition) is 0. The Bertz CT molecular complexity index is 946. The maximum absolute atomic E-state index is 12.9. The predicted octanol–water partition coefficient (Wildman–Crippen LogP) is 3.90. The number of sulfonamides is 1. The van der Waals surface area contributed by atoms with Gasteiger partial charge >= 0.3 is 0 Å². The lowest BCUT2D eigenvalue weighted by Gasteiger charge is -2.33. The van der Waals surface area contributed by atoms with Gasteiger partial charge in [-0.15, -0.1) is 0 Å². The fourth-order valence-corrected chi connectivity index (χ4v) is 6.00. The van der Waals surface area contributed by atoms with E-state index in [9.17, 15) is 13.2 Å². The monoisotopic (exact) mass is 492 g/mol. The molecule has 1 aromatic carbocycles. The van der Waals surface area contributed by atoms with E-state index in [1.807, 2.05) is 0 Å². The molecule has 2 heterocycles. The Hall–Kier alpha value is -1.32. The molecule has 1 aliphatic heterocycles. The van der Waals surface area contributed by atoms with Gasteiger partial charge < -0.3 is 9.32 Å². The van der Waals surface area contributed by atoms with Crippen LogP contribution in [0.2, 0.25) is 10.0 Å². The van der Waals surface area contributed by atoms with Crippen molar-refractivity contribution in [3.8, 4) is 0 Å². The Kier molecular flexibility index (Phi) is 6.32. The molecule has 10 heteroatoms. The molecule has 0 radical (unpaired) electrons. The van der Waals surface area contributed by atoms with Crippen LogP contribution in [0.5, 0.6) is 0 Å². The van der Waals surface area contributed by atoms with Gasteiger partial charge in [-0.2, -0.15) is 4.31 Å². The molecule has 6 nitrogen and oxygen atoms in total. The Morgan fingerprint density at radius 3 is 2.33 bits per heavy atom. The summed E-state index contributed by atoms with van der Waals surface area (Å²) >= 11 is 15.4. The summed E-state index contributed by atoms with van der Waals surface area (Å²) in [4.78, 5) is 13.7. The van der Waals surface area contributed by atoms with Gasteiger partial charge in [-0.3, -0.25) is 4.79 Å². The van der Waals surface area contributed by atoms with Crippen molar-refractivity contribution in [1.29, 1.82) is 0 Å². The summed E-state index contributed by atoms with van der Waals surface area (Å²) in [7, 11) is -3.86. The third-order valence-electron chi connectivity index (χ3n) is 4.04. The van der Waals surface area contributed by atoms with E-state index in [2.05, 4.69) is 15.9 Å². The average Bonchev–Trinajstić information content (AvgIpc) is 3.12. The number of halogens is 3. The number of piperazine rings is 1. The smallest absolute Gasteiger partial charge is 0.246 e. The van der Waals surface area contributed by atoms with Gasteiger partial charge in [0.05, 0.1) is 16.3 Å². The highest BCUT2D eigenvalue weighted by Gasteiger charge is 2.32. The van der Waals surface area contributed by atoms with Crippen LogP contribution in [-0.4, -0.2) is 49.7 Å². The van der Waals surface area contributed by atoms with Crippen molar-refractivity contribution in [2.24, 2.45) is 0 Å². The Labute approximate surface area is 175 Å². The third-order valence-corrected chi connectivity index (χ3v) is 7.32. The number of carbonyl (C=O) groups excluding carboxylic acids is 1. The maximum atomic E-state index is 12.9. The van der Waals surface area contributed by atoms with Crippen molar-refractivity contribution in [2.45, 2.75) is 4.90 Å². The molecule has 1 amide bonds. The van der Waals surface area contributed by atoms with Gasteiger partial charge in [0.15, 0.2) is 0 Å². The minimum atomic E-state index is -3.86. The van der Waals surface area contributed by atoms with Crippen LogP contribution in [0, 0.1) is 0 Å². The molecule has 0 spiro atoms. The molecule has 3 rings (SSSR count). The molecule has 2 aromatic rings. The van der Waals surface area contributed by atoms with Crippen LogP contribution >= 0.6 is 39.1 Å². The number of nitrogens with zero attached hydrogens (tertiary/aromatic N) is 2. The molecule has 144 valence electrons. The number of rotatable bonds is 4. The molecular weight excluding hydrogens is 479 g/mol. The molecule has 1 aliphatic rings. The van der Waals surface area contributed by atoms with Crippen molar-refractivity contribution in [3.05, 3.63) is 56.9 Å². The van der Waals surface area contributed by atoms with E-state index in [0.29, 0.717) is 10.2 Å². The molecule has 0 atom stereocenters. The van der Waals surface area contributed by atoms with Crippen molar-refractivity contribution < 1.29 is 17.6 Å². The first-order chi connectivity index (χ1) is 12.8. The molecule has 0 saturated carbocycles. The molecule has 0 aliphatic carbocycles. The van der Waals surface area contributed by atoms with Gasteiger partial charge in [-0.25, -0.2) is 8.42 Å². The summed E-state index contributed by atoms with van der Waals surface area (Å²) in [6.07, 6.45) is 4.50. The number of furan rings is 1. The highest BCUT2D eigenvalue weighted by molar-refractivity contribution is 9.10. The number of amides is 1. The van der Waals surface area contributed by atoms with Gasteiger partial charge in [0.25, 0.3) is 0 Å². The molecule has 1 fully saturated rings. The number of hydrogen-bond acceptors (Lipinski definition) is 4. The molecule has 0 bridgehead atoms. The maximum Gasteiger partial charge on any atom is 0.246 e. The Balaban J connectivity index is 1.69. The van der Waals surface area contributed by atoms with E-state index in [-0.39, 0.29) is 47.0 Å². The second kappa shape index (κ2) is 8.36. The summed E-state index contributed by atoms with van der Waals surface area (Å²) < 4.78 is 32.8. The van der Waals surface area contributed by atoms with Crippen LogP contribution < -0.4 is 0 Å². The first-order valence-corrected chi connectivity index (χ1v) is 10.9. The van der Waals surface area contributed by atoms with Crippen molar-refractivity contribution in [1.82, 2.24) is 9.21 Å². The fourth-order valence-electron chi connectivity index (χ4n) is 2.70. The minimum absolute atomic E-state index is 0.0502. The van der Waals surface area contributed by atoms with Gasteiger partial charge in [-0.1, -0.05) is 39.1 Å². The van der Waals surface area contributed by atoms with Crippen LogP contribution in [0.25, 0.3) is 6.08 Å². The van der Waals surface area contributed by atoms with E-state index < -0.39 is 10.0 Å². The van der Waals surface area contributed by atoms with Crippen LogP contribution in [0.4, 0.5) is 0 Å². The number of carbonyl (C=O) groups is 1. The molecular formula is C17H15BrCl2N2O4S. The third kappa shape index (κ3) is 4.57. The van der Waals surface area contributed by atoms with Crippen LogP contribution in [0.3, 0.4) is 0 Å². The minimum Gasteiger partial charge on any atom is -0.465 e. The molecule has 0 N–H and O–H groups in total. The lowest BCUT2D eigenvalue weighted by molar-refractivity contribution is -0.127. The normalized spacial score (nSPS) is 16.2. The SMILES string of the molecule is O=C(C=Cc1ccco1)N1CCN(S(=O)(=O)c2c(Cl)cc(Br)cc2Cl)CC1. The van der Waals surface area contributed by atoms with Gasteiger partial charge in [0, 0.05) is 36.7 Å². The first kappa shape index (κ1) is 20.4. The number of benzene rings is 1. The summed E-state index contributed by atoms with van der Waals surface area (Å²) in [5.74, 6) is 0.368. The molecule has 0 unspecified atom stereocenters. The lowest BCUT2D eigenvalue weighted by atomic mass is 10.3.